The van der Waals surface area contributed by atoms with E-state index in [2.05, 4.69) is 28.1 Å². The first-order valence-electron chi connectivity index (χ1n) is 9.05. The molecule has 1 amide bonds. The molecular weight excluding hydrogens is 286 g/mol. The first-order valence-corrected chi connectivity index (χ1v) is 9.05. The van der Waals surface area contributed by atoms with Gasteiger partial charge in [0.25, 0.3) is 5.91 Å². The third kappa shape index (κ3) is 4.12. The summed E-state index contributed by atoms with van der Waals surface area (Å²) in [5.41, 5.74) is 1.97. The van der Waals surface area contributed by atoms with Crippen LogP contribution in [0.15, 0.2) is 24.3 Å². The Morgan fingerprint density at radius 2 is 1.96 bits per heavy atom. The van der Waals surface area contributed by atoms with Crippen molar-refractivity contribution in [2.24, 2.45) is 5.92 Å². The number of amides is 1. The van der Waals surface area contributed by atoms with Gasteiger partial charge in [0.15, 0.2) is 0 Å². The normalized spacial score (nSPS) is 27.8. The molecule has 1 aromatic rings. The summed E-state index contributed by atoms with van der Waals surface area (Å²) < 4.78 is 0. The van der Waals surface area contributed by atoms with Gasteiger partial charge in [0, 0.05) is 31.2 Å². The van der Waals surface area contributed by atoms with E-state index < -0.39 is 0 Å². The molecule has 3 rings (SSSR count). The van der Waals surface area contributed by atoms with Crippen molar-refractivity contribution >= 4 is 5.91 Å². The van der Waals surface area contributed by atoms with Crippen molar-refractivity contribution in [1.82, 2.24) is 16.0 Å². The largest absolute Gasteiger partial charge is 0.355 e. The van der Waals surface area contributed by atoms with Crippen molar-refractivity contribution in [3.8, 4) is 0 Å². The molecule has 0 spiro atoms. The molecule has 0 radical (unpaired) electrons. The average Bonchev–Trinajstić information content (AvgIpc) is 3.09. The lowest BCUT2D eigenvalue weighted by molar-refractivity contribution is 0.0963. The maximum Gasteiger partial charge on any atom is 0.251 e. The van der Waals surface area contributed by atoms with Crippen LogP contribution in [0.25, 0.3) is 0 Å². The van der Waals surface area contributed by atoms with Crippen LogP contribution in [0.1, 0.15) is 54.4 Å². The predicted octanol–water partition coefficient (Wildman–Crippen LogP) is 2.45. The molecular formula is C19H29N3O. The van der Waals surface area contributed by atoms with E-state index in [0.29, 0.717) is 12.1 Å². The SMILES string of the molecule is CNC(=O)c1ccc(CNC2CCCC2C2CCCCN2)cc1. The number of nitrogens with one attached hydrogen (secondary N) is 3. The van der Waals surface area contributed by atoms with E-state index in [1.807, 2.05) is 12.1 Å². The highest BCUT2D eigenvalue weighted by molar-refractivity contribution is 5.93. The summed E-state index contributed by atoms with van der Waals surface area (Å²) in [6.45, 7) is 2.08. The Bertz CT molecular complexity index is 508. The van der Waals surface area contributed by atoms with Crippen molar-refractivity contribution < 1.29 is 4.79 Å². The third-order valence-electron chi connectivity index (χ3n) is 5.45. The molecule has 0 bridgehead atoms. The van der Waals surface area contributed by atoms with Gasteiger partial charge in [-0.25, -0.2) is 0 Å². The van der Waals surface area contributed by atoms with Gasteiger partial charge in [-0.15, -0.1) is 0 Å². The number of hydrogen-bond acceptors (Lipinski definition) is 3. The predicted molar refractivity (Wildman–Crippen MR) is 93.4 cm³/mol. The Morgan fingerprint density at radius 1 is 1.13 bits per heavy atom. The minimum Gasteiger partial charge on any atom is -0.355 e. The van der Waals surface area contributed by atoms with Crippen LogP contribution in [0.4, 0.5) is 0 Å². The second-order valence-corrected chi connectivity index (χ2v) is 6.91. The zero-order valence-corrected chi connectivity index (χ0v) is 14.1. The Labute approximate surface area is 139 Å². The van der Waals surface area contributed by atoms with Crippen molar-refractivity contribution in [2.45, 2.75) is 57.2 Å². The second-order valence-electron chi connectivity index (χ2n) is 6.91. The minimum absolute atomic E-state index is 0.0243. The van der Waals surface area contributed by atoms with Crippen LogP contribution < -0.4 is 16.0 Å². The Kier molecular flexibility index (Phi) is 5.68. The van der Waals surface area contributed by atoms with Crippen LogP contribution >= 0.6 is 0 Å². The highest BCUT2D eigenvalue weighted by Gasteiger charge is 2.33. The smallest absolute Gasteiger partial charge is 0.251 e. The molecule has 1 aliphatic carbocycles. The van der Waals surface area contributed by atoms with E-state index >= 15 is 0 Å². The first kappa shape index (κ1) is 16.5. The zero-order valence-electron chi connectivity index (χ0n) is 14.1. The Balaban J connectivity index is 1.53. The molecule has 4 nitrogen and oxygen atoms in total. The van der Waals surface area contributed by atoms with Gasteiger partial charge in [-0.2, -0.15) is 0 Å². The van der Waals surface area contributed by atoms with Gasteiger partial charge in [0.2, 0.25) is 0 Å². The number of hydrogen-bond donors (Lipinski definition) is 3. The molecule has 1 aliphatic heterocycles. The Hall–Kier alpha value is -1.39. The van der Waals surface area contributed by atoms with Crippen LogP contribution in [-0.2, 0) is 6.54 Å². The van der Waals surface area contributed by atoms with Crippen molar-refractivity contribution in [2.75, 3.05) is 13.6 Å². The summed E-state index contributed by atoms with van der Waals surface area (Å²) in [6.07, 6.45) is 8.03. The first-order chi connectivity index (χ1) is 11.3. The molecule has 126 valence electrons. The average molecular weight is 315 g/mol. The molecule has 1 aromatic carbocycles. The van der Waals surface area contributed by atoms with E-state index in [9.17, 15) is 4.79 Å². The van der Waals surface area contributed by atoms with Crippen molar-refractivity contribution in [3.05, 3.63) is 35.4 Å². The zero-order chi connectivity index (χ0) is 16.1. The third-order valence-corrected chi connectivity index (χ3v) is 5.45. The summed E-state index contributed by atoms with van der Waals surface area (Å²) >= 11 is 0. The number of rotatable bonds is 5. The summed E-state index contributed by atoms with van der Waals surface area (Å²) in [5, 5.41) is 10.2. The van der Waals surface area contributed by atoms with E-state index in [1.54, 1.807) is 7.05 Å². The standard InChI is InChI=1S/C19H29N3O/c1-20-19(23)15-10-8-14(9-11-15)13-22-18-7-4-5-16(18)17-6-2-3-12-21-17/h8-11,16-18,21-22H,2-7,12-13H2,1H3,(H,20,23). The van der Waals surface area contributed by atoms with Gasteiger partial charge >= 0.3 is 0 Å². The summed E-state index contributed by atoms with van der Waals surface area (Å²) in [7, 11) is 1.66. The summed E-state index contributed by atoms with van der Waals surface area (Å²) in [6, 6.07) is 9.26. The van der Waals surface area contributed by atoms with Gasteiger partial charge in [0.05, 0.1) is 0 Å². The number of carbonyl (C=O) groups excluding carboxylic acids is 1. The summed E-state index contributed by atoms with van der Waals surface area (Å²) in [4.78, 5) is 11.6. The molecule has 1 saturated carbocycles. The molecule has 0 aromatic heterocycles. The molecule has 2 fully saturated rings. The fourth-order valence-electron chi connectivity index (χ4n) is 4.14. The monoisotopic (exact) mass is 315 g/mol. The maximum absolute atomic E-state index is 11.6. The fourth-order valence-corrected chi connectivity index (χ4v) is 4.14. The van der Waals surface area contributed by atoms with Crippen LogP contribution in [0.5, 0.6) is 0 Å². The summed E-state index contributed by atoms with van der Waals surface area (Å²) in [5.74, 6) is 0.754. The molecule has 1 saturated heterocycles. The van der Waals surface area contributed by atoms with E-state index in [1.165, 1.54) is 50.6 Å². The van der Waals surface area contributed by atoms with Gasteiger partial charge in [-0.3, -0.25) is 4.79 Å². The lowest BCUT2D eigenvalue weighted by atomic mass is 9.88. The molecule has 3 atom stereocenters. The maximum atomic E-state index is 11.6. The van der Waals surface area contributed by atoms with E-state index in [0.717, 1.165) is 18.0 Å². The van der Waals surface area contributed by atoms with Crippen LogP contribution in [0.2, 0.25) is 0 Å². The Morgan fingerprint density at radius 3 is 2.65 bits per heavy atom. The van der Waals surface area contributed by atoms with Crippen LogP contribution in [0, 0.1) is 5.92 Å². The fraction of sp³-hybridized carbons (Fsp3) is 0.632. The number of piperidine rings is 1. The van der Waals surface area contributed by atoms with E-state index in [4.69, 9.17) is 0 Å². The molecule has 23 heavy (non-hydrogen) atoms. The highest BCUT2D eigenvalue weighted by Crippen LogP contribution is 2.31. The van der Waals surface area contributed by atoms with E-state index in [-0.39, 0.29) is 5.91 Å². The number of benzene rings is 1. The minimum atomic E-state index is -0.0243. The number of carbonyl (C=O) groups is 1. The second kappa shape index (κ2) is 7.93. The molecule has 4 heteroatoms. The highest BCUT2D eigenvalue weighted by atomic mass is 16.1. The molecule has 2 aliphatic rings. The van der Waals surface area contributed by atoms with Gasteiger partial charge in [-0.1, -0.05) is 25.0 Å². The topological polar surface area (TPSA) is 53.2 Å². The van der Waals surface area contributed by atoms with Crippen LogP contribution in [0.3, 0.4) is 0 Å². The lowest BCUT2D eigenvalue weighted by Crippen LogP contribution is -2.46. The van der Waals surface area contributed by atoms with Crippen molar-refractivity contribution in [3.63, 3.8) is 0 Å². The van der Waals surface area contributed by atoms with Gasteiger partial charge in [0.1, 0.15) is 0 Å². The van der Waals surface area contributed by atoms with Crippen LogP contribution in [-0.4, -0.2) is 31.6 Å². The molecule has 3 unspecified atom stereocenters. The van der Waals surface area contributed by atoms with Gasteiger partial charge in [-0.05, 0) is 55.8 Å². The molecule has 3 N–H and O–H groups in total. The lowest BCUT2D eigenvalue weighted by Gasteiger charge is -2.33. The van der Waals surface area contributed by atoms with Crippen molar-refractivity contribution in [1.29, 1.82) is 0 Å². The molecule has 1 heterocycles. The quantitative estimate of drug-likeness (QED) is 0.782. The van der Waals surface area contributed by atoms with Gasteiger partial charge < -0.3 is 16.0 Å².